The number of rotatable bonds is 0. The highest BCUT2D eigenvalue weighted by molar-refractivity contribution is 4.72. The van der Waals surface area contributed by atoms with Gasteiger partial charge in [-0.25, -0.2) is 0 Å². The van der Waals surface area contributed by atoms with Crippen LogP contribution < -0.4 is 5.32 Å². The molecule has 1 N–H and O–H groups in total. The van der Waals surface area contributed by atoms with Crippen molar-refractivity contribution in [1.29, 1.82) is 0 Å². The molecule has 0 aliphatic carbocycles. The molecule has 0 saturated carbocycles. The van der Waals surface area contributed by atoms with E-state index in [-0.39, 0.29) is 0 Å². The highest BCUT2D eigenvalue weighted by Gasteiger charge is 2.02. The molecule has 0 bridgehead atoms. The van der Waals surface area contributed by atoms with Gasteiger partial charge >= 0.3 is 0 Å². The van der Waals surface area contributed by atoms with Gasteiger partial charge in [0.25, 0.3) is 0 Å². The van der Waals surface area contributed by atoms with Crippen LogP contribution >= 0.6 is 0 Å². The largest absolute Gasteiger partial charge is 0.303 e. The second-order valence-electron chi connectivity index (χ2n) is 1.55. The van der Waals surface area contributed by atoms with E-state index in [0.29, 0.717) is 0 Å². The minimum absolute atomic E-state index is 1.01. The van der Waals surface area contributed by atoms with E-state index in [4.69, 9.17) is 0 Å². The summed E-state index contributed by atoms with van der Waals surface area (Å²) >= 11 is 0. The molecule has 1 aliphatic heterocycles. The van der Waals surface area contributed by atoms with Gasteiger partial charge in [-0.1, -0.05) is 0 Å². The fourth-order valence-corrected chi connectivity index (χ4v) is 0.526. The molecule has 0 amide bonds. The summed E-state index contributed by atoms with van der Waals surface area (Å²) in [5, 5.41) is 3.14. The lowest BCUT2D eigenvalue weighted by molar-refractivity contribution is 0.460. The lowest BCUT2D eigenvalue weighted by atomic mass is 10.7. The summed E-state index contributed by atoms with van der Waals surface area (Å²) in [7, 11) is 2.06. The van der Waals surface area contributed by atoms with Crippen molar-refractivity contribution in [2.24, 2.45) is 0 Å². The molecular formula is C4H9N2. The quantitative estimate of drug-likeness (QED) is 0.432. The zero-order chi connectivity index (χ0) is 4.41. The summed E-state index contributed by atoms with van der Waals surface area (Å²) in [6.07, 6.45) is 0. The number of likely N-dealkylation sites (N-methyl/N-ethyl adjacent to an activating group) is 1. The zero-order valence-electron chi connectivity index (χ0n) is 3.94. The van der Waals surface area contributed by atoms with Crippen LogP contribution in [0.4, 0.5) is 0 Å². The Balaban J connectivity index is 2.18. The Morgan fingerprint density at radius 2 is 2.67 bits per heavy atom. The van der Waals surface area contributed by atoms with Crippen LogP contribution in [0.15, 0.2) is 0 Å². The van der Waals surface area contributed by atoms with E-state index in [0.717, 1.165) is 13.2 Å². The Bertz CT molecular complexity index is 38.8. The first-order valence-corrected chi connectivity index (χ1v) is 2.14. The van der Waals surface area contributed by atoms with Crippen molar-refractivity contribution in [3.63, 3.8) is 0 Å². The average Bonchev–Trinajstić information content (AvgIpc) is 1.86. The van der Waals surface area contributed by atoms with Gasteiger partial charge in [0.15, 0.2) is 0 Å². The number of nitrogens with zero attached hydrogens (tertiary/aromatic N) is 1. The van der Waals surface area contributed by atoms with E-state index in [1.54, 1.807) is 0 Å². The highest BCUT2D eigenvalue weighted by Crippen LogP contribution is 1.89. The summed E-state index contributed by atoms with van der Waals surface area (Å²) < 4.78 is 0. The topological polar surface area (TPSA) is 15.3 Å². The van der Waals surface area contributed by atoms with Gasteiger partial charge < -0.3 is 5.32 Å². The minimum atomic E-state index is 1.01. The molecule has 1 aliphatic rings. The number of nitrogens with one attached hydrogen (secondary N) is 1. The summed E-state index contributed by atoms with van der Waals surface area (Å²) in [6.45, 7) is 4.18. The molecule has 0 spiro atoms. The average molecular weight is 85.1 g/mol. The molecule has 0 aromatic rings. The fourth-order valence-electron chi connectivity index (χ4n) is 0.526. The van der Waals surface area contributed by atoms with E-state index < -0.39 is 0 Å². The van der Waals surface area contributed by atoms with Crippen molar-refractivity contribution in [2.75, 3.05) is 20.3 Å². The summed E-state index contributed by atoms with van der Waals surface area (Å²) in [5.41, 5.74) is 0. The van der Waals surface area contributed by atoms with Gasteiger partial charge in [-0.2, -0.15) is 0 Å². The van der Waals surface area contributed by atoms with Crippen molar-refractivity contribution in [1.82, 2.24) is 10.2 Å². The molecule has 1 heterocycles. The van der Waals surface area contributed by atoms with Gasteiger partial charge in [0.05, 0.1) is 0 Å². The van der Waals surface area contributed by atoms with E-state index in [2.05, 4.69) is 23.8 Å². The van der Waals surface area contributed by atoms with Crippen LogP contribution in [-0.2, 0) is 0 Å². The third-order valence-electron chi connectivity index (χ3n) is 0.909. The van der Waals surface area contributed by atoms with Gasteiger partial charge in [-0.3, -0.25) is 4.90 Å². The van der Waals surface area contributed by atoms with Crippen molar-refractivity contribution in [2.45, 2.75) is 0 Å². The van der Waals surface area contributed by atoms with E-state index in [9.17, 15) is 0 Å². The first kappa shape index (κ1) is 4.09. The normalized spacial score (nSPS) is 25.5. The summed E-state index contributed by atoms with van der Waals surface area (Å²) in [4.78, 5) is 2.12. The molecule has 1 saturated heterocycles. The van der Waals surface area contributed by atoms with Crippen LogP contribution in [0, 0.1) is 6.54 Å². The predicted octanol–water partition coefficient (Wildman–Crippen LogP) is -0.359. The molecule has 0 unspecified atom stereocenters. The molecule has 35 valence electrons. The lowest BCUT2D eigenvalue weighted by Crippen LogP contribution is -2.14. The Morgan fingerprint density at radius 3 is 2.83 bits per heavy atom. The van der Waals surface area contributed by atoms with Crippen molar-refractivity contribution >= 4 is 0 Å². The van der Waals surface area contributed by atoms with Gasteiger partial charge in [0.2, 0.25) is 0 Å². The Kier molecular flexibility index (Phi) is 1.08. The molecule has 1 rings (SSSR count). The Morgan fingerprint density at radius 1 is 1.83 bits per heavy atom. The van der Waals surface area contributed by atoms with Gasteiger partial charge in [-0.05, 0) is 7.05 Å². The Labute approximate surface area is 38.1 Å². The number of hydrogen-bond acceptors (Lipinski definition) is 2. The van der Waals surface area contributed by atoms with Crippen LogP contribution in [-0.4, -0.2) is 25.2 Å². The maximum atomic E-state index is 3.14. The molecule has 0 atom stereocenters. The van der Waals surface area contributed by atoms with Crippen LogP contribution in [0.5, 0.6) is 0 Å². The fraction of sp³-hybridized carbons (Fsp3) is 0.750. The molecule has 2 nitrogen and oxygen atoms in total. The molecule has 2 heteroatoms. The summed E-state index contributed by atoms with van der Waals surface area (Å²) in [5.74, 6) is 0. The molecule has 1 radical (unpaired) electrons. The molecular weight excluding hydrogens is 76.1 g/mol. The van der Waals surface area contributed by atoms with E-state index in [1.807, 2.05) is 0 Å². The Hall–Kier alpha value is -0.0800. The van der Waals surface area contributed by atoms with Crippen LogP contribution in [0.25, 0.3) is 0 Å². The van der Waals surface area contributed by atoms with E-state index >= 15 is 0 Å². The molecule has 0 aromatic heterocycles. The summed E-state index contributed by atoms with van der Waals surface area (Å²) in [6, 6.07) is 0. The standard InChI is InChI=1S/C4H9N2/c1-6-3-2-5-4-6/h3,5H,2,4H2,1H3. The van der Waals surface area contributed by atoms with Crippen LogP contribution in [0.2, 0.25) is 0 Å². The minimum Gasteiger partial charge on any atom is -0.303 e. The smallest absolute Gasteiger partial charge is 0.0482 e. The van der Waals surface area contributed by atoms with Gasteiger partial charge in [0.1, 0.15) is 0 Å². The second kappa shape index (κ2) is 1.58. The first-order valence-electron chi connectivity index (χ1n) is 2.14. The van der Waals surface area contributed by atoms with Crippen molar-refractivity contribution in [3.05, 3.63) is 6.54 Å². The monoisotopic (exact) mass is 85.1 g/mol. The SMILES string of the molecule is CN1[CH]CNC1. The lowest BCUT2D eigenvalue weighted by Gasteiger charge is -1.99. The first-order chi connectivity index (χ1) is 2.89. The van der Waals surface area contributed by atoms with Crippen LogP contribution in [0.1, 0.15) is 0 Å². The molecule has 0 aromatic carbocycles. The third-order valence-corrected chi connectivity index (χ3v) is 0.909. The zero-order valence-corrected chi connectivity index (χ0v) is 3.94. The predicted molar refractivity (Wildman–Crippen MR) is 24.9 cm³/mol. The number of hydrogen-bond donors (Lipinski definition) is 1. The highest BCUT2D eigenvalue weighted by atomic mass is 15.3. The molecule has 1 fully saturated rings. The van der Waals surface area contributed by atoms with Crippen LogP contribution in [0.3, 0.4) is 0 Å². The van der Waals surface area contributed by atoms with Crippen molar-refractivity contribution in [3.8, 4) is 0 Å². The van der Waals surface area contributed by atoms with Crippen molar-refractivity contribution < 1.29 is 0 Å². The second-order valence-corrected chi connectivity index (χ2v) is 1.55. The third kappa shape index (κ3) is 0.698. The maximum absolute atomic E-state index is 3.14. The van der Waals surface area contributed by atoms with E-state index in [1.165, 1.54) is 0 Å². The van der Waals surface area contributed by atoms with Gasteiger partial charge in [-0.15, -0.1) is 0 Å². The maximum Gasteiger partial charge on any atom is 0.0482 e. The molecule has 6 heavy (non-hydrogen) atoms. The van der Waals surface area contributed by atoms with Gasteiger partial charge in [0, 0.05) is 19.8 Å².